The third-order valence-corrected chi connectivity index (χ3v) is 4.79. The fourth-order valence-electron chi connectivity index (χ4n) is 1.56. The molecule has 19 heavy (non-hydrogen) atoms. The van der Waals surface area contributed by atoms with Crippen molar-refractivity contribution in [2.24, 2.45) is 0 Å². The van der Waals surface area contributed by atoms with E-state index in [9.17, 15) is 9.18 Å². The van der Waals surface area contributed by atoms with E-state index >= 15 is 0 Å². The topological polar surface area (TPSA) is 63.3 Å². The Morgan fingerprint density at radius 2 is 2.21 bits per heavy atom. The summed E-state index contributed by atoms with van der Waals surface area (Å²) in [6.07, 6.45) is 0. The number of carbonyl (C=O) groups is 1. The van der Waals surface area contributed by atoms with Crippen molar-refractivity contribution in [3.63, 3.8) is 0 Å². The SMILES string of the molecule is Cc1sc(C(=O)O)cc1CSc1cc(F)ccc1N. The largest absolute Gasteiger partial charge is 0.477 e. The molecule has 1 heterocycles. The summed E-state index contributed by atoms with van der Waals surface area (Å²) in [5.41, 5.74) is 7.23. The van der Waals surface area contributed by atoms with Crippen molar-refractivity contribution in [2.75, 3.05) is 5.73 Å². The van der Waals surface area contributed by atoms with E-state index in [-0.39, 0.29) is 5.82 Å². The highest BCUT2D eigenvalue weighted by atomic mass is 32.2. The predicted octanol–water partition coefficient (Wildman–Crippen LogP) is 3.77. The van der Waals surface area contributed by atoms with Crippen LogP contribution in [0.2, 0.25) is 0 Å². The monoisotopic (exact) mass is 297 g/mol. The number of thiophene rings is 1. The minimum absolute atomic E-state index is 0.320. The number of nitrogen functional groups attached to an aromatic ring is 1. The van der Waals surface area contributed by atoms with E-state index in [0.29, 0.717) is 21.2 Å². The van der Waals surface area contributed by atoms with Crippen LogP contribution in [0.1, 0.15) is 20.1 Å². The number of benzene rings is 1. The third-order valence-electron chi connectivity index (χ3n) is 2.59. The zero-order valence-electron chi connectivity index (χ0n) is 10.1. The molecule has 0 spiro atoms. The number of thioether (sulfide) groups is 1. The average molecular weight is 297 g/mol. The van der Waals surface area contributed by atoms with Gasteiger partial charge in [-0.25, -0.2) is 9.18 Å². The molecular formula is C13H12FNO2S2. The average Bonchev–Trinajstić information content (AvgIpc) is 2.72. The molecule has 1 aromatic carbocycles. The summed E-state index contributed by atoms with van der Waals surface area (Å²) in [6, 6.07) is 5.89. The first kappa shape index (κ1) is 13.9. The zero-order chi connectivity index (χ0) is 14.0. The second-order valence-electron chi connectivity index (χ2n) is 3.97. The number of aromatic carboxylic acids is 1. The lowest BCUT2D eigenvalue weighted by molar-refractivity contribution is 0.0702. The Hall–Kier alpha value is -1.53. The molecule has 0 aliphatic carbocycles. The number of hydrogen-bond donors (Lipinski definition) is 2. The number of rotatable bonds is 4. The fourth-order valence-corrected chi connectivity index (χ4v) is 3.57. The zero-order valence-corrected chi connectivity index (χ0v) is 11.8. The standard InChI is InChI=1S/C13H12FNO2S2/c1-7-8(4-12(19-7)13(16)17)6-18-11-5-9(14)2-3-10(11)15/h2-5H,6,15H2,1H3,(H,16,17). The molecule has 0 radical (unpaired) electrons. The molecule has 3 N–H and O–H groups in total. The Morgan fingerprint density at radius 3 is 2.84 bits per heavy atom. The minimum Gasteiger partial charge on any atom is -0.477 e. The fraction of sp³-hybridized carbons (Fsp3) is 0.154. The maximum Gasteiger partial charge on any atom is 0.345 e. The van der Waals surface area contributed by atoms with Crippen LogP contribution in [0.15, 0.2) is 29.2 Å². The van der Waals surface area contributed by atoms with Gasteiger partial charge in [0, 0.05) is 21.2 Å². The van der Waals surface area contributed by atoms with Crippen LogP contribution in [0.3, 0.4) is 0 Å². The minimum atomic E-state index is -0.922. The molecule has 3 nitrogen and oxygen atoms in total. The van der Waals surface area contributed by atoms with Crippen molar-refractivity contribution >= 4 is 34.8 Å². The molecule has 0 amide bonds. The Labute approximate surface area is 118 Å². The molecule has 0 unspecified atom stereocenters. The van der Waals surface area contributed by atoms with E-state index in [1.807, 2.05) is 6.92 Å². The molecular weight excluding hydrogens is 285 g/mol. The van der Waals surface area contributed by atoms with Crippen molar-refractivity contribution in [1.82, 2.24) is 0 Å². The van der Waals surface area contributed by atoms with Gasteiger partial charge in [-0.05, 0) is 36.8 Å². The smallest absolute Gasteiger partial charge is 0.345 e. The Morgan fingerprint density at radius 1 is 1.47 bits per heavy atom. The van der Waals surface area contributed by atoms with E-state index in [0.717, 1.165) is 10.4 Å². The molecule has 0 saturated heterocycles. The van der Waals surface area contributed by atoms with Crippen LogP contribution in [-0.2, 0) is 5.75 Å². The first-order valence-corrected chi connectivity index (χ1v) is 7.28. The molecule has 0 aliphatic heterocycles. The highest BCUT2D eigenvalue weighted by Crippen LogP contribution is 2.32. The number of aryl methyl sites for hydroxylation is 1. The number of carboxylic acids is 1. The van der Waals surface area contributed by atoms with Crippen LogP contribution < -0.4 is 5.73 Å². The summed E-state index contributed by atoms with van der Waals surface area (Å²) >= 11 is 2.65. The van der Waals surface area contributed by atoms with Gasteiger partial charge in [-0.2, -0.15) is 0 Å². The second kappa shape index (κ2) is 5.63. The quantitative estimate of drug-likeness (QED) is 0.666. The van der Waals surface area contributed by atoms with Crippen molar-refractivity contribution in [3.8, 4) is 0 Å². The first-order chi connectivity index (χ1) is 8.97. The molecule has 0 fully saturated rings. The molecule has 0 aliphatic rings. The third kappa shape index (κ3) is 3.27. The summed E-state index contributed by atoms with van der Waals surface area (Å²) in [5.74, 6) is -0.678. The molecule has 100 valence electrons. The maximum absolute atomic E-state index is 13.1. The summed E-state index contributed by atoms with van der Waals surface area (Å²) < 4.78 is 13.1. The van der Waals surface area contributed by atoms with Crippen LogP contribution in [0.4, 0.5) is 10.1 Å². The summed E-state index contributed by atoms with van der Waals surface area (Å²) in [7, 11) is 0. The lowest BCUT2D eigenvalue weighted by atomic mass is 10.3. The van der Waals surface area contributed by atoms with Gasteiger partial charge in [0.15, 0.2) is 0 Å². The van der Waals surface area contributed by atoms with Crippen LogP contribution in [0.25, 0.3) is 0 Å². The van der Waals surface area contributed by atoms with Gasteiger partial charge in [-0.1, -0.05) is 0 Å². The van der Waals surface area contributed by atoms with Crippen molar-refractivity contribution in [2.45, 2.75) is 17.6 Å². The van der Waals surface area contributed by atoms with Gasteiger partial charge in [0.25, 0.3) is 0 Å². The van der Waals surface area contributed by atoms with E-state index in [2.05, 4.69) is 0 Å². The van der Waals surface area contributed by atoms with E-state index in [4.69, 9.17) is 10.8 Å². The van der Waals surface area contributed by atoms with Crippen LogP contribution in [0, 0.1) is 12.7 Å². The van der Waals surface area contributed by atoms with Crippen LogP contribution in [0.5, 0.6) is 0 Å². The molecule has 0 atom stereocenters. The van der Waals surface area contributed by atoms with Crippen LogP contribution >= 0.6 is 23.1 Å². The van der Waals surface area contributed by atoms with Gasteiger partial charge in [-0.15, -0.1) is 23.1 Å². The number of hydrogen-bond acceptors (Lipinski definition) is 4. The maximum atomic E-state index is 13.1. The van der Waals surface area contributed by atoms with Gasteiger partial charge in [0.05, 0.1) is 0 Å². The molecule has 2 rings (SSSR count). The summed E-state index contributed by atoms with van der Waals surface area (Å²) in [4.78, 5) is 12.8. The predicted molar refractivity (Wildman–Crippen MR) is 76.4 cm³/mol. The van der Waals surface area contributed by atoms with E-state index in [1.54, 1.807) is 6.07 Å². The number of nitrogens with two attached hydrogens (primary N) is 1. The normalized spacial score (nSPS) is 10.6. The number of halogens is 1. The summed E-state index contributed by atoms with van der Waals surface area (Å²) in [5, 5.41) is 8.92. The molecule has 0 bridgehead atoms. The van der Waals surface area contributed by atoms with Gasteiger partial charge in [-0.3, -0.25) is 0 Å². The highest BCUT2D eigenvalue weighted by Gasteiger charge is 2.12. The van der Waals surface area contributed by atoms with Gasteiger partial charge in [0.1, 0.15) is 10.7 Å². The van der Waals surface area contributed by atoms with E-state index < -0.39 is 5.97 Å². The second-order valence-corrected chi connectivity index (χ2v) is 6.24. The van der Waals surface area contributed by atoms with E-state index in [1.165, 1.54) is 41.3 Å². The van der Waals surface area contributed by atoms with Crippen LogP contribution in [-0.4, -0.2) is 11.1 Å². The molecule has 6 heteroatoms. The van der Waals surface area contributed by atoms with Crippen molar-refractivity contribution in [3.05, 3.63) is 45.4 Å². The Bertz CT molecular complexity index is 625. The highest BCUT2D eigenvalue weighted by molar-refractivity contribution is 7.98. The van der Waals surface area contributed by atoms with Gasteiger partial charge >= 0.3 is 5.97 Å². The van der Waals surface area contributed by atoms with Crippen molar-refractivity contribution in [1.29, 1.82) is 0 Å². The Kier molecular flexibility index (Phi) is 4.11. The molecule has 1 aromatic heterocycles. The lowest BCUT2D eigenvalue weighted by Crippen LogP contribution is -1.91. The Balaban J connectivity index is 2.14. The molecule has 2 aromatic rings. The van der Waals surface area contributed by atoms with Gasteiger partial charge in [0.2, 0.25) is 0 Å². The lowest BCUT2D eigenvalue weighted by Gasteiger charge is -2.05. The summed E-state index contributed by atoms with van der Waals surface area (Å²) in [6.45, 7) is 1.88. The number of anilines is 1. The van der Waals surface area contributed by atoms with Gasteiger partial charge < -0.3 is 10.8 Å². The molecule has 0 saturated carbocycles. The van der Waals surface area contributed by atoms with Crippen molar-refractivity contribution < 1.29 is 14.3 Å². The first-order valence-electron chi connectivity index (χ1n) is 5.48. The number of carboxylic acid groups (broad SMARTS) is 1.